The fourth-order valence-corrected chi connectivity index (χ4v) is 3.37. The van der Waals surface area contributed by atoms with E-state index in [2.05, 4.69) is 42.9 Å². The number of hydrogen-bond donors (Lipinski definition) is 1. The van der Waals surface area contributed by atoms with E-state index in [-0.39, 0.29) is 0 Å². The summed E-state index contributed by atoms with van der Waals surface area (Å²) in [5.41, 5.74) is 3.03. The van der Waals surface area contributed by atoms with Crippen LogP contribution in [0.5, 0.6) is 5.75 Å². The molecule has 1 aromatic heterocycles. The summed E-state index contributed by atoms with van der Waals surface area (Å²) in [7, 11) is 0. The number of aliphatic hydroxyl groups excluding tert-OH is 1. The van der Waals surface area contributed by atoms with Crippen molar-refractivity contribution in [3.8, 4) is 5.75 Å². The number of fused-ring (bicyclic) bond motifs is 1. The molecule has 1 aliphatic heterocycles. The van der Waals surface area contributed by atoms with Crippen molar-refractivity contribution in [1.82, 2.24) is 4.98 Å². The highest BCUT2D eigenvalue weighted by atomic mass is 79.9. The van der Waals surface area contributed by atoms with E-state index in [1.54, 1.807) is 12.4 Å². The van der Waals surface area contributed by atoms with Crippen molar-refractivity contribution < 1.29 is 9.84 Å². The molecular formula is C15H13Br2NO2. The molecule has 0 saturated heterocycles. The second-order valence-corrected chi connectivity index (χ2v) is 6.64. The fraction of sp³-hybridized carbons (Fsp3) is 0.267. The summed E-state index contributed by atoms with van der Waals surface area (Å²) < 4.78 is 7.58. The monoisotopic (exact) mass is 397 g/mol. The van der Waals surface area contributed by atoms with Crippen LogP contribution < -0.4 is 4.74 Å². The van der Waals surface area contributed by atoms with Crippen LogP contribution in [0.4, 0.5) is 0 Å². The third kappa shape index (κ3) is 2.90. The lowest BCUT2D eigenvalue weighted by atomic mass is 10.00. The van der Waals surface area contributed by atoms with Crippen LogP contribution in [0, 0.1) is 0 Å². The Hall–Kier alpha value is -0.910. The Balaban J connectivity index is 1.88. The van der Waals surface area contributed by atoms with Crippen LogP contribution in [0.25, 0.3) is 0 Å². The van der Waals surface area contributed by atoms with E-state index in [9.17, 15) is 5.11 Å². The van der Waals surface area contributed by atoms with Crippen molar-refractivity contribution in [2.45, 2.75) is 18.9 Å². The maximum Gasteiger partial charge on any atom is 0.125 e. The molecule has 3 nitrogen and oxygen atoms in total. The SMILES string of the molecule is OC(Cc1cc(Br)cc2c1OCC2)c1cncc(Br)c1. The minimum Gasteiger partial charge on any atom is -0.493 e. The van der Waals surface area contributed by atoms with Gasteiger partial charge in [-0.05, 0) is 45.3 Å². The first-order valence-electron chi connectivity index (χ1n) is 6.36. The number of nitrogens with zero attached hydrogens (tertiary/aromatic N) is 1. The molecule has 0 aliphatic carbocycles. The van der Waals surface area contributed by atoms with Crippen LogP contribution >= 0.6 is 31.9 Å². The molecular weight excluding hydrogens is 386 g/mol. The molecule has 1 unspecified atom stereocenters. The first-order chi connectivity index (χ1) is 9.63. The molecule has 0 fully saturated rings. The number of aromatic nitrogens is 1. The van der Waals surface area contributed by atoms with Gasteiger partial charge in [0.1, 0.15) is 5.75 Å². The van der Waals surface area contributed by atoms with Crippen molar-refractivity contribution in [2.24, 2.45) is 0 Å². The van der Waals surface area contributed by atoms with Crippen molar-refractivity contribution in [2.75, 3.05) is 6.61 Å². The molecule has 1 aromatic carbocycles. The Labute approximate surface area is 134 Å². The highest BCUT2D eigenvalue weighted by Crippen LogP contribution is 2.35. The minimum absolute atomic E-state index is 0.514. The van der Waals surface area contributed by atoms with E-state index in [1.165, 1.54) is 5.56 Å². The molecule has 0 saturated carbocycles. The van der Waals surface area contributed by atoms with E-state index < -0.39 is 6.10 Å². The Bertz CT molecular complexity index is 646. The highest BCUT2D eigenvalue weighted by Gasteiger charge is 2.20. The van der Waals surface area contributed by atoms with Gasteiger partial charge in [-0.25, -0.2) is 0 Å². The lowest BCUT2D eigenvalue weighted by Gasteiger charge is -2.14. The van der Waals surface area contributed by atoms with E-state index in [1.807, 2.05) is 12.1 Å². The Kier molecular flexibility index (Phi) is 4.10. The molecule has 2 aromatic rings. The molecule has 0 spiro atoms. The number of ether oxygens (including phenoxy) is 1. The molecule has 104 valence electrons. The molecule has 2 heterocycles. The van der Waals surface area contributed by atoms with Gasteiger partial charge in [0.25, 0.3) is 0 Å². The fourth-order valence-electron chi connectivity index (χ4n) is 2.43. The molecule has 1 aliphatic rings. The Morgan fingerprint density at radius 1 is 1.20 bits per heavy atom. The molecule has 0 radical (unpaired) electrons. The Morgan fingerprint density at radius 2 is 2.05 bits per heavy atom. The van der Waals surface area contributed by atoms with Gasteiger partial charge in [-0.15, -0.1) is 0 Å². The van der Waals surface area contributed by atoms with Gasteiger partial charge < -0.3 is 9.84 Å². The maximum atomic E-state index is 10.4. The molecule has 20 heavy (non-hydrogen) atoms. The third-order valence-electron chi connectivity index (χ3n) is 3.35. The molecule has 1 N–H and O–H groups in total. The minimum atomic E-state index is -0.595. The van der Waals surface area contributed by atoms with Crippen molar-refractivity contribution >= 4 is 31.9 Å². The predicted molar refractivity (Wildman–Crippen MR) is 83.9 cm³/mol. The smallest absolute Gasteiger partial charge is 0.125 e. The van der Waals surface area contributed by atoms with Crippen LogP contribution in [0.15, 0.2) is 39.5 Å². The standard InChI is InChI=1S/C15H13Br2NO2/c16-12-3-9-1-2-20-15(9)10(4-12)6-14(19)11-5-13(17)8-18-7-11/h3-5,7-8,14,19H,1-2,6H2. The number of pyridine rings is 1. The lowest BCUT2D eigenvalue weighted by Crippen LogP contribution is -2.04. The van der Waals surface area contributed by atoms with E-state index >= 15 is 0 Å². The first-order valence-corrected chi connectivity index (χ1v) is 7.94. The van der Waals surface area contributed by atoms with Crippen molar-refractivity contribution in [3.05, 3.63) is 56.2 Å². The van der Waals surface area contributed by atoms with Crippen molar-refractivity contribution in [3.63, 3.8) is 0 Å². The van der Waals surface area contributed by atoms with Gasteiger partial charge >= 0.3 is 0 Å². The zero-order chi connectivity index (χ0) is 14.1. The quantitative estimate of drug-likeness (QED) is 0.854. The first kappa shape index (κ1) is 14.0. The molecule has 0 bridgehead atoms. The lowest BCUT2D eigenvalue weighted by molar-refractivity contribution is 0.176. The number of aliphatic hydroxyl groups is 1. The zero-order valence-electron chi connectivity index (χ0n) is 10.6. The summed E-state index contributed by atoms with van der Waals surface area (Å²) >= 11 is 6.89. The van der Waals surface area contributed by atoms with Gasteiger partial charge in [-0.2, -0.15) is 0 Å². The average molecular weight is 399 g/mol. The second kappa shape index (κ2) is 5.84. The van der Waals surface area contributed by atoms with E-state index in [0.717, 1.165) is 32.2 Å². The predicted octanol–water partition coefficient (Wildman–Crippen LogP) is 3.82. The summed E-state index contributed by atoms with van der Waals surface area (Å²) in [6.45, 7) is 0.716. The van der Waals surface area contributed by atoms with Gasteiger partial charge in [0.05, 0.1) is 12.7 Å². The van der Waals surface area contributed by atoms with Crippen LogP contribution in [0.3, 0.4) is 0 Å². The molecule has 0 amide bonds. The van der Waals surface area contributed by atoms with E-state index in [4.69, 9.17) is 4.74 Å². The average Bonchev–Trinajstić information content (AvgIpc) is 2.86. The number of halogens is 2. The Morgan fingerprint density at radius 3 is 2.85 bits per heavy atom. The molecule has 1 atom stereocenters. The van der Waals surface area contributed by atoms with Gasteiger partial charge in [0.15, 0.2) is 0 Å². The second-order valence-electron chi connectivity index (χ2n) is 4.81. The van der Waals surface area contributed by atoms with Crippen molar-refractivity contribution in [1.29, 1.82) is 0 Å². The zero-order valence-corrected chi connectivity index (χ0v) is 13.8. The number of rotatable bonds is 3. The van der Waals surface area contributed by atoms with Crippen LogP contribution in [-0.4, -0.2) is 16.7 Å². The van der Waals surface area contributed by atoms with Gasteiger partial charge in [0, 0.05) is 39.7 Å². The summed E-state index contributed by atoms with van der Waals surface area (Å²) in [4.78, 5) is 4.09. The summed E-state index contributed by atoms with van der Waals surface area (Å²) in [6, 6.07) is 5.98. The number of hydrogen-bond acceptors (Lipinski definition) is 3. The highest BCUT2D eigenvalue weighted by molar-refractivity contribution is 9.10. The van der Waals surface area contributed by atoms with Crippen LogP contribution in [0.2, 0.25) is 0 Å². The molecule has 3 rings (SSSR count). The van der Waals surface area contributed by atoms with Gasteiger partial charge in [-0.1, -0.05) is 15.9 Å². The number of benzene rings is 1. The largest absolute Gasteiger partial charge is 0.493 e. The summed E-state index contributed by atoms with van der Waals surface area (Å²) in [5.74, 6) is 0.926. The van der Waals surface area contributed by atoms with Gasteiger partial charge in [-0.3, -0.25) is 4.98 Å². The third-order valence-corrected chi connectivity index (χ3v) is 4.24. The van der Waals surface area contributed by atoms with Crippen LogP contribution in [-0.2, 0) is 12.8 Å². The summed E-state index contributed by atoms with van der Waals surface area (Å²) in [6.07, 6.45) is 4.24. The van der Waals surface area contributed by atoms with Gasteiger partial charge in [0.2, 0.25) is 0 Å². The van der Waals surface area contributed by atoms with Crippen LogP contribution in [0.1, 0.15) is 22.8 Å². The summed E-state index contributed by atoms with van der Waals surface area (Å²) in [5, 5.41) is 10.4. The normalized spacial score (nSPS) is 14.8. The maximum absolute atomic E-state index is 10.4. The molecule has 5 heteroatoms. The topological polar surface area (TPSA) is 42.4 Å². The van der Waals surface area contributed by atoms with E-state index in [0.29, 0.717) is 13.0 Å².